The van der Waals surface area contributed by atoms with Gasteiger partial charge in [-0.2, -0.15) is 0 Å². The van der Waals surface area contributed by atoms with Gasteiger partial charge >= 0.3 is 0 Å². The number of carbonyl (C=O) groups is 1. The maximum absolute atomic E-state index is 12.5. The van der Waals surface area contributed by atoms with E-state index in [-0.39, 0.29) is 11.9 Å². The van der Waals surface area contributed by atoms with Gasteiger partial charge in [-0.1, -0.05) is 45.9 Å². The lowest BCUT2D eigenvalue weighted by molar-refractivity contribution is 0.0774. The third-order valence-corrected chi connectivity index (χ3v) is 4.10. The third-order valence-electron chi connectivity index (χ3n) is 4.10. The molecule has 2 rings (SSSR count). The molecular formula is C18H26O2. The molecule has 2 heteroatoms. The molecular weight excluding hydrogens is 248 g/mol. The molecule has 0 spiro atoms. The number of carbonyl (C=O) groups excluding carboxylic acids is 1. The first kappa shape index (κ1) is 15.2. The van der Waals surface area contributed by atoms with E-state index >= 15 is 0 Å². The van der Waals surface area contributed by atoms with Gasteiger partial charge in [0.25, 0.3) is 0 Å². The number of ether oxygens (including phenoxy) is 1. The summed E-state index contributed by atoms with van der Waals surface area (Å²) in [7, 11) is 0. The van der Waals surface area contributed by atoms with Crippen molar-refractivity contribution < 1.29 is 9.53 Å². The Morgan fingerprint density at radius 2 is 2.00 bits per heavy atom. The second-order valence-corrected chi connectivity index (χ2v) is 6.42. The van der Waals surface area contributed by atoms with Crippen molar-refractivity contribution in [2.75, 3.05) is 6.61 Å². The summed E-state index contributed by atoms with van der Waals surface area (Å²) in [5, 5.41) is 0. The topological polar surface area (TPSA) is 26.3 Å². The summed E-state index contributed by atoms with van der Waals surface area (Å²) < 4.78 is 5.59. The van der Waals surface area contributed by atoms with Gasteiger partial charge < -0.3 is 4.74 Å². The van der Waals surface area contributed by atoms with Crippen LogP contribution in [0.3, 0.4) is 0 Å². The van der Waals surface area contributed by atoms with Gasteiger partial charge in [-0.25, -0.2) is 0 Å². The van der Waals surface area contributed by atoms with E-state index in [0.29, 0.717) is 18.3 Å². The first-order valence-electron chi connectivity index (χ1n) is 7.77. The molecule has 1 aromatic carbocycles. The summed E-state index contributed by atoms with van der Waals surface area (Å²) in [5.41, 5.74) is 3.38. The summed E-state index contributed by atoms with van der Waals surface area (Å²) in [6.07, 6.45) is 2.77. The molecule has 1 atom stereocenters. The van der Waals surface area contributed by atoms with Crippen LogP contribution < -0.4 is 0 Å². The third kappa shape index (κ3) is 3.49. The Bertz CT molecular complexity index is 468. The maximum Gasteiger partial charge on any atom is 0.165 e. The molecule has 110 valence electrons. The van der Waals surface area contributed by atoms with Crippen LogP contribution in [0.4, 0.5) is 0 Å². The Morgan fingerprint density at radius 1 is 1.25 bits per heavy atom. The van der Waals surface area contributed by atoms with Gasteiger partial charge in [-0.3, -0.25) is 4.79 Å². The standard InChI is InChI=1S/C18H26O2/c1-12(2)14-7-8-16(17(10-14)13(3)4)18(19)11-15-6-5-9-20-15/h7-8,10,12-13,15H,5-6,9,11H2,1-4H3. The van der Waals surface area contributed by atoms with Gasteiger partial charge in [0.1, 0.15) is 0 Å². The van der Waals surface area contributed by atoms with Gasteiger partial charge in [0.15, 0.2) is 5.78 Å². The Hall–Kier alpha value is -1.15. The van der Waals surface area contributed by atoms with Gasteiger partial charge in [0.05, 0.1) is 6.10 Å². The second kappa shape index (κ2) is 6.53. The van der Waals surface area contributed by atoms with E-state index < -0.39 is 0 Å². The average Bonchev–Trinajstić information content (AvgIpc) is 2.90. The number of Topliss-reactive ketones (excluding diaryl/α,β-unsaturated/α-hetero) is 1. The summed E-state index contributed by atoms with van der Waals surface area (Å²) in [6, 6.07) is 6.32. The molecule has 0 bridgehead atoms. The van der Waals surface area contributed by atoms with Gasteiger partial charge in [-0.05, 0) is 35.8 Å². The van der Waals surface area contributed by atoms with Crippen LogP contribution in [0.25, 0.3) is 0 Å². The van der Waals surface area contributed by atoms with Gasteiger partial charge in [-0.15, -0.1) is 0 Å². The number of rotatable bonds is 5. The quantitative estimate of drug-likeness (QED) is 0.728. The highest BCUT2D eigenvalue weighted by Crippen LogP contribution is 2.27. The van der Waals surface area contributed by atoms with E-state index in [1.807, 2.05) is 6.07 Å². The highest BCUT2D eigenvalue weighted by Gasteiger charge is 2.22. The molecule has 0 N–H and O–H groups in total. The van der Waals surface area contributed by atoms with Crippen LogP contribution in [0.5, 0.6) is 0 Å². The Kier molecular flexibility index (Phi) is 4.98. The minimum atomic E-state index is 0.132. The number of hydrogen-bond acceptors (Lipinski definition) is 2. The first-order chi connectivity index (χ1) is 9.49. The highest BCUT2D eigenvalue weighted by molar-refractivity contribution is 5.98. The molecule has 1 aliphatic rings. The van der Waals surface area contributed by atoms with E-state index in [1.54, 1.807) is 0 Å². The SMILES string of the molecule is CC(C)c1ccc(C(=O)CC2CCCO2)c(C(C)C)c1. The summed E-state index contributed by atoms with van der Waals surface area (Å²) in [4.78, 5) is 12.5. The van der Waals surface area contributed by atoms with E-state index in [9.17, 15) is 4.79 Å². The highest BCUT2D eigenvalue weighted by atomic mass is 16.5. The molecule has 1 aromatic rings. The minimum absolute atomic E-state index is 0.132. The second-order valence-electron chi connectivity index (χ2n) is 6.42. The maximum atomic E-state index is 12.5. The van der Waals surface area contributed by atoms with Gasteiger partial charge in [0, 0.05) is 18.6 Å². The fourth-order valence-electron chi connectivity index (χ4n) is 2.79. The molecule has 0 aromatic heterocycles. The van der Waals surface area contributed by atoms with Crippen LogP contribution in [0.15, 0.2) is 18.2 Å². The Labute approximate surface area is 122 Å². The zero-order valence-corrected chi connectivity index (χ0v) is 13.1. The number of hydrogen-bond donors (Lipinski definition) is 0. The van der Waals surface area contributed by atoms with Crippen molar-refractivity contribution >= 4 is 5.78 Å². The zero-order valence-electron chi connectivity index (χ0n) is 13.1. The Morgan fingerprint density at radius 3 is 2.55 bits per heavy atom. The van der Waals surface area contributed by atoms with Crippen LogP contribution in [0.2, 0.25) is 0 Å². The predicted octanol–water partition coefficient (Wildman–Crippen LogP) is 4.69. The smallest absolute Gasteiger partial charge is 0.165 e. The number of ketones is 1. The van der Waals surface area contributed by atoms with Crippen LogP contribution in [-0.4, -0.2) is 18.5 Å². The van der Waals surface area contributed by atoms with Crippen LogP contribution in [-0.2, 0) is 4.74 Å². The number of benzene rings is 1. The Balaban J connectivity index is 2.22. The van der Waals surface area contributed by atoms with Crippen molar-refractivity contribution in [2.24, 2.45) is 0 Å². The van der Waals surface area contributed by atoms with Crippen molar-refractivity contribution in [3.63, 3.8) is 0 Å². The van der Waals surface area contributed by atoms with Gasteiger partial charge in [0.2, 0.25) is 0 Å². The largest absolute Gasteiger partial charge is 0.378 e. The summed E-state index contributed by atoms with van der Waals surface area (Å²) in [6.45, 7) is 9.49. The fourth-order valence-corrected chi connectivity index (χ4v) is 2.79. The molecule has 2 nitrogen and oxygen atoms in total. The van der Waals surface area contributed by atoms with E-state index in [1.165, 1.54) is 11.1 Å². The predicted molar refractivity (Wildman–Crippen MR) is 82.5 cm³/mol. The average molecular weight is 274 g/mol. The van der Waals surface area contributed by atoms with Crippen molar-refractivity contribution in [1.82, 2.24) is 0 Å². The zero-order chi connectivity index (χ0) is 14.7. The lowest BCUT2D eigenvalue weighted by Crippen LogP contribution is -2.15. The molecule has 1 saturated heterocycles. The van der Waals surface area contributed by atoms with E-state index in [4.69, 9.17) is 4.74 Å². The molecule has 0 amide bonds. The first-order valence-corrected chi connectivity index (χ1v) is 7.77. The summed E-state index contributed by atoms with van der Waals surface area (Å²) >= 11 is 0. The fraction of sp³-hybridized carbons (Fsp3) is 0.611. The molecule has 1 aliphatic heterocycles. The molecule has 1 fully saturated rings. The molecule has 1 unspecified atom stereocenters. The van der Waals surface area contributed by atoms with Crippen molar-refractivity contribution in [2.45, 2.75) is 64.9 Å². The molecule has 20 heavy (non-hydrogen) atoms. The van der Waals surface area contributed by atoms with E-state index in [0.717, 1.165) is 25.0 Å². The summed E-state index contributed by atoms with van der Waals surface area (Å²) in [5.74, 6) is 1.10. The van der Waals surface area contributed by atoms with Crippen molar-refractivity contribution in [3.05, 3.63) is 34.9 Å². The minimum Gasteiger partial charge on any atom is -0.378 e. The monoisotopic (exact) mass is 274 g/mol. The van der Waals surface area contributed by atoms with Crippen LogP contribution in [0, 0.1) is 0 Å². The van der Waals surface area contributed by atoms with Crippen molar-refractivity contribution in [3.8, 4) is 0 Å². The molecule has 0 saturated carbocycles. The van der Waals surface area contributed by atoms with Crippen molar-refractivity contribution in [1.29, 1.82) is 0 Å². The van der Waals surface area contributed by atoms with Crippen LogP contribution in [0.1, 0.15) is 80.3 Å². The lowest BCUT2D eigenvalue weighted by Gasteiger charge is -2.17. The van der Waals surface area contributed by atoms with E-state index in [2.05, 4.69) is 39.8 Å². The normalized spacial score (nSPS) is 19.0. The molecule has 0 radical (unpaired) electrons. The lowest BCUT2D eigenvalue weighted by atomic mass is 9.88. The molecule has 0 aliphatic carbocycles. The van der Waals surface area contributed by atoms with Crippen LogP contribution >= 0.6 is 0 Å². The molecule has 1 heterocycles.